The van der Waals surface area contributed by atoms with E-state index in [2.05, 4.69) is 413 Å². The highest BCUT2D eigenvalue weighted by atomic mass is 15.2. The summed E-state index contributed by atoms with van der Waals surface area (Å²) in [6.07, 6.45) is 0. The van der Waals surface area contributed by atoms with Crippen LogP contribution in [0.2, 0.25) is 0 Å². The largest absolute Gasteiger partial charge is 0.311 e. The molecular formula is C96H88BN3. The van der Waals surface area contributed by atoms with Crippen LogP contribution >= 0.6 is 0 Å². The molecule has 0 unspecified atom stereocenters. The van der Waals surface area contributed by atoms with Gasteiger partial charge in [-0.15, -0.1) is 0 Å². The topological polar surface area (TPSA) is 11.4 Å². The van der Waals surface area contributed by atoms with Gasteiger partial charge in [0.1, 0.15) is 0 Å². The summed E-state index contributed by atoms with van der Waals surface area (Å²) < 4.78 is 2.59. The number of benzene rings is 13. The highest BCUT2D eigenvalue weighted by Crippen LogP contribution is 2.50. The first-order valence-electron chi connectivity index (χ1n) is 35.8. The van der Waals surface area contributed by atoms with Crippen molar-refractivity contribution in [2.45, 2.75) is 116 Å². The van der Waals surface area contributed by atoms with Crippen molar-refractivity contribution < 1.29 is 0 Å². The maximum Gasteiger partial charge on any atom is 0.252 e. The highest BCUT2D eigenvalue weighted by Gasteiger charge is 2.46. The van der Waals surface area contributed by atoms with Crippen LogP contribution in [-0.2, 0) is 32.5 Å². The van der Waals surface area contributed by atoms with E-state index in [9.17, 15) is 0 Å². The molecule has 14 aromatic rings. The van der Waals surface area contributed by atoms with E-state index < -0.39 is 0 Å². The van der Waals surface area contributed by atoms with Crippen LogP contribution in [0.4, 0.5) is 34.1 Å². The molecule has 0 saturated carbocycles. The predicted molar refractivity (Wildman–Crippen MR) is 426 cm³/mol. The zero-order valence-corrected chi connectivity index (χ0v) is 59.9. The van der Waals surface area contributed by atoms with Crippen molar-refractivity contribution in [1.29, 1.82) is 0 Å². The molecule has 2 aliphatic heterocycles. The third kappa shape index (κ3) is 10.5. The molecule has 2 aliphatic rings. The zero-order chi connectivity index (χ0) is 69.1. The molecule has 0 spiro atoms. The van der Waals surface area contributed by atoms with Crippen molar-refractivity contribution in [3.05, 3.63) is 382 Å². The molecule has 1 aromatic heterocycles. The summed E-state index contributed by atoms with van der Waals surface area (Å²) in [5, 5.41) is 2.46. The van der Waals surface area contributed by atoms with Crippen LogP contribution in [0.15, 0.2) is 315 Å². The number of hydrogen-bond donors (Lipinski definition) is 0. The minimum Gasteiger partial charge on any atom is -0.311 e. The summed E-state index contributed by atoms with van der Waals surface area (Å²) in [5.41, 5.74) is 27.7. The SMILES string of the molecule is CC(C)(c1ccccc1)c1ccc(N2c3ccc(C(C)(C)c4ccccc4)cc3B3c4cc(C(C)(C)c5ccccc5)ccc4N(c4ccc(C(C)(C)c5ccccc5)cc4)c4cc(-n5c6ccc(C(C)(C)c7ccccc7)cc6c6cc(C(C)(C)c7ccccc7)ccc65)cc2c43)cc1. The van der Waals surface area contributed by atoms with Gasteiger partial charge in [-0.05, 0) is 156 Å². The second-order valence-electron chi connectivity index (χ2n) is 31.4. The Kier molecular flexibility index (Phi) is 15.4. The quantitative estimate of drug-likeness (QED) is 0.0948. The van der Waals surface area contributed by atoms with Crippen LogP contribution < -0.4 is 26.2 Å². The van der Waals surface area contributed by atoms with E-state index in [0.717, 1.165) is 39.5 Å². The standard InChI is InChI=1S/C96H88BN3/c1-91(2,65-31-19-13-20-32-65)71-43-51-77(52-44-71)98-86-57-49-75(95(9,10)69-39-27-17-28-40-69)61-82(86)97-83-62-76(96(11,12)70-41-29-18-30-42-70)50-58-87(83)99(78-53-45-72(46-54-78)92(3,4)66-33-21-14-22-34-66)89-64-79(63-88(98)90(89)97)100-84-55-47-73(93(5,6)67-35-23-15-24-36-67)59-80(84)81-60-74(48-56-85(81)100)94(7,8)68-37-25-16-26-38-68/h13-64H,1-12H3. The second kappa shape index (κ2) is 24.1. The van der Waals surface area contributed by atoms with Gasteiger partial charge >= 0.3 is 0 Å². The molecule has 16 rings (SSSR count). The second-order valence-corrected chi connectivity index (χ2v) is 31.4. The zero-order valence-electron chi connectivity index (χ0n) is 59.9. The van der Waals surface area contributed by atoms with Gasteiger partial charge in [0.05, 0.1) is 16.7 Å². The first-order valence-corrected chi connectivity index (χ1v) is 35.8. The molecule has 0 radical (unpaired) electrons. The van der Waals surface area contributed by atoms with Gasteiger partial charge in [-0.2, -0.15) is 0 Å². The first kappa shape index (κ1) is 64.0. The van der Waals surface area contributed by atoms with Crippen molar-refractivity contribution in [3.63, 3.8) is 0 Å². The van der Waals surface area contributed by atoms with E-state index in [4.69, 9.17) is 0 Å². The van der Waals surface area contributed by atoms with Gasteiger partial charge < -0.3 is 14.4 Å². The average molecular weight is 1290 g/mol. The third-order valence-electron chi connectivity index (χ3n) is 23.6. The summed E-state index contributed by atoms with van der Waals surface area (Å²) in [6.45, 7) is 28.3. The Bertz CT molecular complexity index is 5050. The fourth-order valence-electron chi connectivity index (χ4n) is 16.7. The summed E-state index contributed by atoms with van der Waals surface area (Å²) in [6, 6.07) is 120. The Morgan fingerprint density at radius 3 is 0.740 bits per heavy atom. The predicted octanol–water partition coefficient (Wildman–Crippen LogP) is 22.8. The Hall–Kier alpha value is -10.7. The summed E-state index contributed by atoms with van der Waals surface area (Å²) in [5.74, 6) is 0. The lowest BCUT2D eigenvalue weighted by Gasteiger charge is -2.45. The van der Waals surface area contributed by atoms with Crippen LogP contribution in [0.3, 0.4) is 0 Å². The molecular weight excluding hydrogens is 1210 g/mol. The molecule has 100 heavy (non-hydrogen) atoms. The Labute approximate surface area is 593 Å². The van der Waals surface area contributed by atoms with Gasteiger partial charge in [-0.3, -0.25) is 0 Å². The summed E-state index contributed by atoms with van der Waals surface area (Å²) in [7, 11) is 0. The van der Waals surface area contributed by atoms with E-state index in [1.807, 2.05) is 0 Å². The Balaban J connectivity index is 1.01. The van der Waals surface area contributed by atoms with Crippen molar-refractivity contribution in [2.75, 3.05) is 9.80 Å². The molecule has 3 heterocycles. The van der Waals surface area contributed by atoms with Gasteiger partial charge in [0.2, 0.25) is 0 Å². The Morgan fingerprint density at radius 2 is 0.450 bits per heavy atom. The molecule has 490 valence electrons. The van der Waals surface area contributed by atoms with E-state index in [1.54, 1.807) is 0 Å². The molecule has 0 N–H and O–H groups in total. The molecule has 3 nitrogen and oxygen atoms in total. The first-order chi connectivity index (χ1) is 48.1. The van der Waals surface area contributed by atoms with Crippen LogP contribution in [0, 0.1) is 0 Å². The molecule has 0 saturated heterocycles. The number of anilines is 6. The maximum atomic E-state index is 2.62. The van der Waals surface area contributed by atoms with Gasteiger partial charge in [-0.1, -0.05) is 326 Å². The summed E-state index contributed by atoms with van der Waals surface area (Å²) >= 11 is 0. The molecule has 4 heteroatoms. The lowest BCUT2D eigenvalue weighted by Crippen LogP contribution is -2.61. The lowest BCUT2D eigenvalue weighted by atomic mass is 9.33. The molecule has 0 aliphatic carbocycles. The highest BCUT2D eigenvalue weighted by molar-refractivity contribution is 7.00. The van der Waals surface area contributed by atoms with Crippen molar-refractivity contribution >= 4 is 79.0 Å². The van der Waals surface area contributed by atoms with Crippen LogP contribution in [0.5, 0.6) is 0 Å². The Morgan fingerprint density at radius 1 is 0.210 bits per heavy atom. The number of nitrogens with zero attached hydrogens (tertiary/aromatic N) is 3. The smallest absolute Gasteiger partial charge is 0.252 e. The van der Waals surface area contributed by atoms with Crippen LogP contribution in [0.25, 0.3) is 27.5 Å². The number of rotatable bonds is 15. The van der Waals surface area contributed by atoms with Crippen molar-refractivity contribution in [3.8, 4) is 5.69 Å². The van der Waals surface area contributed by atoms with Gasteiger partial charge in [-0.25, -0.2) is 0 Å². The monoisotopic (exact) mass is 1290 g/mol. The van der Waals surface area contributed by atoms with Crippen molar-refractivity contribution in [2.24, 2.45) is 0 Å². The van der Waals surface area contributed by atoms with Crippen LogP contribution in [-0.4, -0.2) is 11.3 Å². The molecule has 13 aromatic carbocycles. The lowest BCUT2D eigenvalue weighted by molar-refractivity contribution is 0.641. The van der Waals surface area contributed by atoms with E-state index in [-0.39, 0.29) is 39.2 Å². The van der Waals surface area contributed by atoms with Gasteiger partial charge in [0, 0.05) is 77.4 Å². The van der Waals surface area contributed by atoms with Crippen LogP contribution in [0.1, 0.15) is 150 Å². The third-order valence-corrected chi connectivity index (χ3v) is 23.6. The molecule has 0 fully saturated rings. The molecule has 0 atom stereocenters. The van der Waals surface area contributed by atoms with E-state index >= 15 is 0 Å². The number of hydrogen-bond acceptors (Lipinski definition) is 2. The van der Waals surface area contributed by atoms with E-state index in [1.165, 1.54) is 105 Å². The van der Waals surface area contributed by atoms with Gasteiger partial charge in [0.15, 0.2) is 0 Å². The van der Waals surface area contributed by atoms with E-state index in [0.29, 0.717) is 0 Å². The normalized spacial score (nSPS) is 13.3. The van der Waals surface area contributed by atoms with Gasteiger partial charge in [0.25, 0.3) is 6.71 Å². The fourth-order valence-corrected chi connectivity index (χ4v) is 16.7. The fraction of sp³-hybridized carbons (Fsp3) is 0.188. The minimum absolute atomic E-state index is 0.175. The minimum atomic E-state index is -0.322. The summed E-state index contributed by atoms with van der Waals surface area (Å²) in [4.78, 5) is 5.24. The average Bonchev–Trinajstić information content (AvgIpc) is 0.897. The molecule has 0 amide bonds. The maximum absolute atomic E-state index is 2.62. The number of aromatic nitrogens is 1. The number of fused-ring (bicyclic) bond motifs is 7. The van der Waals surface area contributed by atoms with Crippen molar-refractivity contribution in [1.82, 2.24) is 4.57 Å². The molecule has 0 bridgehead atoms.